The van der Waals surface area contributed by atoms with Crippen molar-refractivity contribution >= 4 is 22.6 Å². The van der Waals surface area contributed by atoms with Crippen LogP contribution in [-0.2, 0) is 4.79 Å². The van der Waals surface area contributed by atoms with Crippen LogP contribution in [0.4, 0.5) is 0 Å². The number of fused-ring (bicyclic) bond motifs is 1. The first-order chi connectivity index (χ1) is 15.5. The molecule has 2 N–H and O–H groups in total. The number of carbonyl (C=O) groups is 2. The van der Waals surface area contributed by atoms with Gasteiger partial charge in [-0.15, -0.1) is 0 Å². The van der Waals surface area contributed by atoms with Gasteiger partial charge in [-0.25, -0.2) is 0 Å². The van der Waals surface area contributed by atoms with Gasteiger partial charge in [0.25, 0.3) is 5.91 Å². The molecule has 0 saturated carbocycles. The molecule has 7 heteroatoms. The molecule has 0 spiro atoms. The summed E-state index contributed by atoms with van der Waals surface area (Å²) in [7, 11) is 2.16. The van der Waals surface area contributed by atoms with Crippen LogP contribution in [0.1, 0.15) is 36.0 Å². The molecule has 2 amide bonds. The van der Waals surface area contributed by atoms with Crippen molar-refractivity contribution in [3.8, 4) is 5.75 Å². The summed E-state index contributed by atoms with van der Waals surface area (Å²) in [5.74, 6) is -0.375. The highest BCUT2D eigenvalue weighted by molar-refractivity contribution is 6.05. The zero-order chi connectivity index (χ0) is 22.5. The number of phenolic OH excluding ortho intramolecular Hbond substituents is 1. The van der Waals surface area contributed by atoms with E-state index in [1.165, 1.54) is 0 Å². The zero-order valence-corrected chi connectivity index (χ0v) is 18.9. The molecule has 32 heavy (non-hydrogen) atoms. The van der Waals surface area contributed by atoms with Crippen molar-refractivity contribution in [3.05, 3.63) is 42.0 Å². The molecule has 1 atom stereocenters. The topological polar surface area (TPSA) is 76.1 Å². The number of likely N-dealkylation sites (tertiary alicyclic amines) is 1. The molecule has 0 aromatic heterocycles. The van der Waals surface area contributed by atoms with E-state index >= 15 is 0 Å². The number of aromatic hydroxyl groups is 1. The highest BCUT2D eigenvalue weighted by Crippen LogP contribution is 2.31. The summed E-state index contributed by atoms with van der Waals surface area (Å²) in [5.41, 5.74) is 0.260. The van der Waals surface area contributed by atoms with Gasteiger partial charge in [-0.05, 0) is 50.7 Å². The van der Waals surface area contributed by atoms with E-state index in [4.69, 9.17) is 0 Å². The van der Waals surface area contributed by atoms with Crippen molar-refractivity contribution in [2.75, 3.05) is 52.9 Å². The Hall–Kier alpha value is -2.64. The van der Waals surface area contributed by atoms with Gasteiger partial charge in [-0.1, -0.05) is 30.3 Å². The van der Waals surface area contributed by atoms with Crippen molar-refractivity contribution in [2.24, 2.45) is 0 Å². The minimum Gasteiger partial charge on any atom is -0.506 e. The van der Waals surface area contributed by atoms with Crippen LogP contribution in [0, 0.1) is 0 Å². The van der Waals surface area contributed by atoms with Gasteiger partial charge in [-0.2, -0.15) is 0 Å². The third-order valence-electron chi connectivity index (χ3n) is 6.74. The first-order valence-corrected chi connectivity index (χ1v) is 11.7. The van der Waals surface area contributed by atoms with Crippen molar-refractivity contribution in [2.45, 2.75) is 31.7 Å². The minimum absolute atomic E-state index is 0.0111. The Kier molecular flexibility index (Phi) is 7.27. The van der Waals surface area contributed by atoms with Crippen molar-refractivity contribution < 1.29 is 14.7 Å². The first kappa shape index (κ1) is 22.6. The van der Waals surface area contributed by atoms with Crippen LogP contribution in [-0.4, -0.2) is 90.5 Å². The van der Waals surface area contributed by atoms with Gasteiger partial charge in [0.05, 0.1) is 5.56 Å². The maximum Gasteiger partial charge on any atom is 0.258 e. The average molecular weight is 439 g/mol. The summed E-state index contributed by atoms with van der Waals surface area (Å²) in [6.45, 7) is 6.70. The molecule has 0 bridgehead atoms. The van der Waals surface area contributed by atoms with Gasteiger partial charge in [0, 0.05) is 44.7 Å². The molecule has 2 heterocycles. The van der Waals surface area contributed by atoms with Crippen LogP contribution in [0.5, 0.6) is 5.75 Å². The molecule has 2 aromatic rings. The van der Waals surface area contributed by atoms with Gasteiger partial charge >= 0.3 is 0 Å². The maximum absolute atomic E-state index is 13.2. The van der Waals surface area contributed by atoms with Gasteiger partial charge < -0.3 is 25.1 Å². The van der Waals surface area contributed by atoms with Crippen LogP contribution in [0.3, 0.4) is 0 Å². The van der Waals surface area contributed by atoms with Crippen LogP contribution in [0.15, 0.2) is 36.4 Å². The van der Waals surface area contributed by atoms with Crippen LogP contribution >= 0.6 is 0 Å². The predicted molar refractivity (Wildman–Crippen MR) is 126 cm³/mol. The number of unbranched alkanes of at least 4 members (excludes halogenated alkanes) is 1. The SMILES string of the molecule is CN1CCN(CCCCNC(=O)C2CCCN2C(=O)c2ccc3ccccc3c2O)CC1. The Bertz CT molecular complexity index is 955. The number of carbonyl (C=O) groups excluding carboxylic acids is 2. The Morgan fingerprint density at radius 2 is 1.81 bits per heavy atom. The molecular formula is C25H34N4O3. The fourth-order valence-corrected chi connectivity index (χ4v) is 4.73. The number of phenols is 1. The van der Waals surface area contributed by atoms with E-state index in [0.717, 1.165) is 57.4 Å². The van der Waals surface area contributed by atoms with E-state index in [0.29, 0.717) is 24.9 Å². The van der Waals surface area contributed by atoms with Crippen molar-refractivity contribution in [1.82, 2.24) is 20.0 Å². The lowest BCUT2D eigenvalue weighted by atomic mass is 10.0. The smallest absolute Gasteiger partial charge is 0.258 e. The number of rotatable bonds is 7. The quantitative estimate of drug-likeness (QED) is 0.649. The summed E-state index contributed by atoms with van der Waals surface area (Å²) in [5, 5.41) is 15.2. The summed E-state index contributed by atoms with van der Waals surface area (Å²) < 4.78 is 0. The van der Waals surface area contributed by atoms with Gasteiger partial charge in [0.15, 0.2) is 0 Å². The molecule has 2 aromatic carbocycles. The van der Waals surface area contributed by atoms with E-state index < -0.39 is 6.04 Å². The lowest BCUT2D eigenvalue weighted by Gasteiger charge is -2.32. The van der Waals surface area contributed by atoms with Crippen molar-refractivity contribution in [3.63, 3.8) is 0 Å². The van der Waals surface area contributed by atoms with Crippen LogP contribution < -0.4 is 5.32 Å². The number of nitrogens with one attached hydrogen (secondary N) is 1. The number of hydrogen-bond donors (Lipinski definition) is 2. The molecule has 172 valence electrons. The van der Waals surface area contributed by atoms with E-state index in [-0.39, 0.29) is 23.1 Å². The Morgan fingerprint density at radius 3 is 2.62 bits per heavy atom. The highest BCUT2D eigenvalue weighted by Gasteiger charge is 2.35. The molecule has 2 aliphatic rings. The van der Waals surface area contributed by atoms with Crippen LogP contribution in [0.2, 0.25) is 0 Å². The standard InChI is InChI=1S/C25H34N4O3/c1-27-15-17-28(18-16-27)13-5-4-12-26-24(31)22-9-6-14-29(22)25(32)21-11-10-19-7-2-3-8-20(19)23(21)30/h2-3,7-8,10-11,22,30H,4-6,9,12-18H2,1H3,(H,26,31). The molecule has 1 unspecified atom stereocenters. The van der Waals surface area contributed by atoms with E-state index in [9.17, 15) is 14.7 Å². The summed E-state index contributed by atoms with van der Waals surface area (Å²) in [6, 6.07) is 10.5. The summed E-state index contributed by atoms with van der Waals surface area (Å²) >= 11 is 0. The molecule has 7 nitrogen and oxygen atoms in total. The lowest BCUT2D eigenvalue weighted by Crippen LogP contribution is -2.46. The monoisotopic (exact) mass is 438 g/mol. The third kappa shape index (κ3) is 5.05. The number of nitrogens with zero attached hydrogens (tertiary/aromatic N) is 3. The second-order valence-electron chi connectivity index (χ2n) is 8.98. The fraction of sp³-hybridized carbons (Fsp3) is 0.520. The predicted octanol–water partition coefficient (Wildman–Crippen LogP) is 2.29. The average Bonchev–Trinajstić information content (AvgIpc) is 3.30. The highest BCUT2D eigenvalue weighted by atomic mass is 16.3. The number of hydrogen-bond acceptors (Lipinski definition) is 5. The van der Waals surface area contributed by atoms with E-state index in [2.05, 4.69) is 22.2 Å². The summed E-state index contributed by atoms with van der Waals surface area (Å²) in [6.07, 6.45) is 3.45. The molecule has 2 aliphatic heterocycles. The minimum atomic E-state index is -0.467. The lowest BCUT2D eigenvalue weighted by molar-refractivity contribution is -0.124. The molecule has 0 radical (unpaired) electrons. The Morgan fingerprint density at radius 1 is 1.03 bits per heavy atom. The number of amides is 2. The molecule has 2 saturated heterocycles. The van der Waals surface area contributed by atoms with Crippen LogP contribution in [0.25, 0.3) is 10.8 Å². The van der Waals surface area contributed by atoms with Crippen molar-refractivity contribution in [1.29, 1.82) is 0 Å². The first-order valence-electron chi connectivity index (χ1n) is 11.7. The Labute approximate surface area is 190 Å². The second kappa shape index (κ2) is 10.3. The van der Waals surface area contributed by atoms with Gasteiger partial charge in [0.2, 0.25) is 5.91 Å². The Balaban J connectivity index is 1.29. The normalized spacial score (nSPS) is 20.0. The molecular weight excluding hydrogens is 404 g/mol. The summed E-state index contributed by atoms with van der Waals surface area (Å²) in [4.78, 5) is 32.4. The third-order valence-corrected chi connectivity index (χ3v) is 6.74. The number of benzene rings is 2. The second-order valence-corrected chi connectivity index (χ2v) is 8.98. The molecule has 4 rings (SSSR count). The maximum atomic E-state index is 13.2. The van der Waals surface area contributed by atoms with E-state index in [1.807, 2.05) is 24.3 Å². The number of piperazine rings is 1. The van der Waals surface area contributed by atoms with E-state index in [1.54, 1.807) is 17.0 Å². The largest absolute Gasteiger partial charge is 0.506 e. The molecule has 2 fully saturated rings. The number of likely N-dealkylation sites (N-methyl/N-ethyl adjacent to an activating group) is 1. The van der Waals surface area contributed by atoms with Gasteiger partial charge in [0.1, 0.15) is 11.8 Å². The van der Waals surface area contributed by atoms with Gasteiger partial charge in [-0.3, -0.25) is 9.59 Å². The molecule has 0 aliphatic carbocycles. The fourth-order valence-electron chi connectivity index (χ4n) is 4.73. The zero-order valence-electron chi connectivity index (χ0n) is 18.9.